The Morgan fingerprint density at radius 1 is 1.00 bits per heavy atom. The molecule has 1 aromatic rings. The zero-order valence-corrected chi connectivity index (χ0v) is 7.05. The van der Waals surface area contributed by atoms with Crippen molar-refractivity contribution in [3.05, 3.63) is 42.8 Å². The summed E-state index contributed by atoms with van der Waals surface area (Å²) in [5, 5.41) is 0. The van der Waals surface area contributed by atoms with Gasteiger partial charge in [0.1, 0.15) is 0 Å². The van der Waals surface area contributed by atoms with E-state index in [1.807, 2.05) is 30.3 Å². The number of hydrogen-bond acceptors (Lipinski definition) is 0. The minimum Gasteiger partial charge on any atom is -0.199 e. The molecule has 0 unspecified atom stereocenters. The second kappa shape index (κ2) is 3.91. The summed E-state index contributed by atoms with van der Waals surface area (Å²) in [5.74, 6) is 0. The first-order valence-corrected chi connectivity index (χ1v) is 2.26. The van der Waals surface area contributed by atoms with Gasteiger partial charge < -0.3 is 0 Å². The van der Waals surface area contributed by atoms with Crippen molar-refractivity contribution in [2.45, 2.75) is 0 Å². The van der Waals surface area contributed by atoms with Crippen LogP contribution in [0.4, 0.5) is 0 Å². The Hall–Kier alpha value is -0.0269. The van der Waals surface area contributed by atoms with Gasteiger partial charge in [0.25, 0.3) is 0 Å². The summed E-state index contributed by atoms with van der Waals surface area (Å²) < 4.78 is 0. The largest absolute Gasteiger partial charge is 4.00 e. The second-order valence-electron chi connectivity index (χ2n) is 1.49. The van der Waals surface area contributed by atoms with Gasteiger partial charge >= 0.3 is 26.2 Å². The molecule has 0 aliphatic rings. The molecule has 0 aromatic heterocycles. The van der Waals surface area contributed by atoms with E-state index < -0.39 is 0 Å². The standard InChI is InChI=1S/C7H7.Zr/c1-7-5-3-2-4-6-7;/h2-6H,1H2;/q-1;+4. The average Bonchev–Trinajstić information content (AvgIpc) is 1.69. The van der Waals surface area contributed by atoms with E-state index in [9.17, 15) is 0 Å². The predicted octanol–water partition coefficient (Wildman–Crippen LogP) is 1.87. The minimum atomic E-state index is 0. The predicted molar refractivity (Wildman–Crippen MR) is 30.9 cm³/mol. The molecule has 1 heteroatoms. The fourth-order valence-corrected chi connectivity index (χ4v) is 0.478. The van der Waals surface area contributed by atoms with Crippen LogP contribution in [0.3, 0.4) is 0 Å². The maximum Gasteiger partial charge on any atom is 4.00 e. The van der Waals surface area contributed by atoms with Crippen molar-refractivity contribution in [3.8, 4) is 0 Å². The van der Waals surface area contributed by atoms with Crippen LogP contribution in [0.5, 0.6) is 0 Å². The average molecular weight is 182 g/mol. The Bertz CT molecular complexity index is 134. The summed E-state index contributed by atoms with van der Waals surface area (Å²) in [6, 6.07) is 9.87. The van der Waals surface area contributed by atoms with Crippen LogP contribution in [-0.2, 0) is 26.2 Å². The Morgan fingerprint density at radius 2 is 1.50 bits per heavy atom. The molecule has 0 nitrogen and oxygen atoms in total. The van der Waals surface area contributed by atoms with E-state index in [0.29, 0.717) is 0 Å². The van der Waals surface area contributed by atoms with Crippen molar-refractivity contribution in [1.82, 2.24) is 0 Å². The maximum absolute atomic E-state index is 3.72. The number of rotatable bonds is 0. The maximum atomic E-state index is 3.72. The molecule has 0 atom stereocenters. The Kier molecular flexibility index (Phi) is 3.90. The smallest absolute Gasteiger partial charge is 0.199 e. The van der Waals surface area contributed by atoms with Gasteiger partial charge in [0, 0.05) is 0 Å². The zero-order valence-electron chi connectivity index (χ0n) is 4.59. The van der Waals surface area contributed by atoms with Gasteiger partial charge in [-0.3, -0.25) is 0 Å². The van der Waals surface area contributed by atoms with Gasteiger partial charge in [0.15, 0.2) is 0 Å². The second-order valence-corrected chi connectivity index (χ2v) is 1.49. The van der Waals surface area contributed by atoms with Crippen LogP contribution in [-0.4, -0.2) is 0 Å². The van der Waals surface area contributed by atoms with Gasteiger partial charge in [-0.05, 0) is 0 Å². The Labute approximate surface area is 69.0 Å². The Morgan fingerprint density at radius 3 is 1.75 bits per heavy atom. The third-order valence-corrected chi connectivity index (χ3v) is 0.843. The fraction of sp³-hybridized carbons (Fsp3) is 0. The molecular weight excluding hydrogens is 175 g/mol. The normalized spacial score (nSPS) is 7.50. The first-order chi connectivity index (χ1) is 3.39. The summed E-state index contributed by atoms with van der Waals surface area (Å²) in [5.41, 5.74) is 1.07. The van der Waals surface area contributed by atoms with Crippen molar-refractivity contribution >= 4 is 0 Å². The van der Waals surface area contributed by atoms with Gasteiger partial charge in [-0.15, -0.1) is 12.1 Å². The molecule has 36 valence electrons. The monoisotopic (exact) mass is 181 g/mol. The Balaban J connectivity index is 0.000000490. The first kappa shape index (κ1) is 7.97. The van der Waals surface area contributed by atoms with Crippen LogP contribution in [0.1, 0.15) is 5.56 Å². The van der Waals surface area contributed by atoms with E-state index in [-0.39, 0.29) is 26.2 Å². The summed E-state index contributed by atoms with van der Waals surface area (Å²) in [6.07, 6.45) is 0. The topological polar surface area (TPSA) is 0 Å². The summed E-state index contributed by atoms with van der Waals surface area (Å²) in [7, 11) is 0. The summed E-state index contributed by atoms with van der Waals surface area (Å²) >= 11 is 0. The number of benzene rings is 1. The van der Waals surface area contributed by atoms with Crippen molar-refractivity contribution in [2.24, 2.45) is 0 Å². The van der Waals surface area contributed by atoms with Gasteiger partial charge in [0.2, 0.25) is 0 Å². The van der Waals surface area contributed by atoms with E-state index in [2.05, 4.69) is 6.92 Å². The molecule has 0 aliphatic carbocycles. The van der Waals surface area contributed by atoms with Crippen LogP contribution in [0.25, 0.3) is 0 Å². The molecule has 0 amide bonds. The van der Waals surface area contributed by atoms with Crippen LogP contribution in [0, 0.1) is 6.92 Å². The van der Waals surface area contributed by atoms with Crippen LogP contribution < -0.4 is 0 Å². The van der Waals surface area contributed by atoms with Crippen molar-refractivity contribution in [3.63, 3.8) is 0 Å². The van der Waals surface area contributed by atoms with Crippen molar-refractivity contribution in [1.29, 1.82) is 0 Å². The molecule has 0 saturated heterocycles. The van der Waals surface area contributed by atoms with Crippen LogP contribution in [0.15, 0.2) is 30.3 Å². The minimum absolute atomic E-state index is 0. The zero-order chi connectivity index (χ0) is 5.11. The molecule has 0 heterocycles. The molecule has 1 rings (SSSR count). The molecule has 1 aromatic carbocycles. The SMILES string of the molecule is [CH2-]c1ccccc1.[Zr+4]. The van der Waals surface area contributed by atoms with E-state index >= 15 is 0 Å². The summed E-state index contributed by atoms with van der Waals surface area (Å²) in [4.78, 5) is 0. The van der Waals surface area contributed by atoms with Gasteiger partial charge in [0.05, 0.1) is 0 Å². The van der Waals surface area contributed by atoms with Gasteiger partial charge in [-0.1, -0.05) is 6.07 Å². The van der Waals surface area contributed by atoms with Crippen LogP contribution in [0.2, 0.25) is 0 Å². The van der Waals surface area contributed by atoms with Crippen molar-refractivity contribution in [2.75, 3.05) is 0 Å². The van der Waals surface area contributed by atoms with E-state index in [0.717, 1.165) is 5.56 Å². The van der Waals surface area contributed by atoms with Gasteiger partial charge in [-0.25, -0.2) is 0 Å². The van der Waals surface area contributed by atoms with E-state index in [1.165, 1.54) is 0 Å². The van der Waals surface area contributed by atoms with E-state index in [1.54, 1.807) is 0 Å². The molecule has 8 heavy (non-hydrogen) atoms. The van der Waals surface area contributed by atoms with Crippen molar-refractivity contribution < 1.29 is 26.2 Å². The molecule has 0 bridgehead atoms. The molecule has 0 aliphatic heterocycles. The van der Waals surface area contributed by atoms with Crippen LogP contribution >= 0.6 is 0 Å². The molecule has 0 spiro atoms. The number of hydrogen-bond donors (Lipinski definition) is 0. The van der Waals surface area contributed by atoms with E-state index in [4.69, 9.17) is 0 Å². The first-order valence-electron chi connectivity index (χ1n) is 2.26. The van der Waals surface area contributed by atoms with Gasteiger partial charge in [-0.2, -0.15) is 24.6 Å². The third-order valence-electron chi connectivity index (χ3n) is 0.843. The molecule has 0 radical (unpaired) electrons. The molecular formula is C7H7Zr+3. The fourth-order valence-electron chi connectivity index (χ4n) is 0.478. The molecule has 0 fully saturated rings. The molecule has 0 N–H and O–H groups in total. The summed E-state index contributed by atoms with van der Waals surface area (Å²) in [6.45, 7) is 3.72. The molecule has 0 saturated carbocycles. The third kappa shape index (κ3) is 2.32. The quantitative estimate of drug-likeness (QED) is 0.537.